The highest BCUT2D eigenvalue weighted by atomic mass is 32.1. The zero-order valence-corrected chi connectivity index (χ0v) is 9.17. The van der Waals surface area contributed by atoms with Gasteiger partial charge in [0.25, 0.3) is 0 Å². The van der Waals surface area contributed by atoms with Gasteiger partial charge in [-0.1, -0.05) is 36.4 Å². The summed E-state index contributed by atoms with van der Waals surface area (Å²) in [6.07, 6.45) is 1.10. The molecule has 1 aromatic carbocycles. The van der Waals surface area contributed by atoms with Crippen LogP contribution in [0.1, 0.15) is 10.4 Å². The Labute approximate surface area is 93.4 Å². The summed E-state index contributed by atoms with van der Waals surface area (Å²) in [5.41, 5.74) is 1.10. The monoisotopic (exact) mass is 216 g/mol. The summed E-state index contributed by atoms with van der Waals surface area (Å²) in [6.45, 7) is 0. The molecule has 0 aliphatic rings. The van der Waals surface area contributed by atoms with Crippen LogP contribution >= 0.6 is 11.3 Å². The van der Waals surface area contributed by atoms with Gasteiger partial charge in [0.15, 0.2) is 0 Å². The molecule has 0 amide bonds. The zero-order valence-electron chi connectivity index (χ0n) is 8.35. The summed E-state index contributed by atoms with van der Waals surface area (Å²) in [6, 6.07) is 13.9. The highest BCUT2D eigenvalue weighted by Crippen LogP contribution is 2.11. The first kappa shape index (κ1) is 10.1. The molecule has 0 N–H and O–H groups in total. The van der Waals surface area contributed by atoms with Crippen molar-refractivity contribution >= 4 is 17.1 Å². The van der Waals surface area contributed by atoms with E-state index in [0.717, 1.165) is 10.4 Å². The first-order chi connectivity index (χ1) is 7.34. The van der Waals surface area contributed by atoms with E-state index in [1.54, 1.807) is 11.3 Å². The maximum Gasteiger partial charge on any atom is 0.142 e. The molecule has 1 aromatic heterocycles. The Morgan fingerprint density at radius 2 is 1.80 bits per heavy atom. The van der Waals surface area contributed by atoms with Gasteiger partial charge in [0, 0.05) is 17.7 Å². The topological polar surface area (TPSA) is 17.1 Å². The van der Waals surface area contributed by atoms with Crippen LogP contribution in [-0.2, 0) is 17.6 Å². The van der Waals surface area contributed by atoms with E-state index in [1.165, 1.54) is 0 Å². The van der Waals surface area contributed by atoms with E-state index in [1.807, 2.05) is 47.8 Å². The molecule has 0 unspecified atom stereocenters. The molecular weight excluding hydrogens is 204 g/mol. The molecule has 1 heterocycles. The fourth-order valence-electron chi connectivity index (χ4n) is 1.49. The van der Waals surface area contributed by atoms with Crippen LogP contribution in [0.15, 0.2) is 47.8 Å². The Bertz CT molecular complexity index is 417. The van der Waals surface area contributed by atoms with Gasteiger partial charge in [-0.25, -0.2) is 0 Å². The molecule has 0 fully saturated rings. The minimum atomic E-state index is 0.281. The Hall–Kier alpha value is -1.41. The highest BCUT2D eigenvalue weighted by Gasteiger charge is 2.05. The molecular formula is C13H12OS. The van der Waals surface area contributed by atoms with Crippen molar-refractivity contribution in [1.29, 1.82) is 0 Å². The van der Waals surface area contributed by atoms with E-state index in [9.17, 15) is 4.79 Å². The first-order valence-corrected chi connectivity index (χ1v) is 5.80. The highest BCUT2D eigenvalue weighted by molar-refractivity contribution is 7.10. The number of hydrogen-bond donors (Lipinski definition) is 0. The number of rotatable bonds is 4. The number of benzene rings is 1. The molecule has 0 aliphatic heterocycles. The quantitative estimate of drug-likeness (QED) is 0.767. The molecule has 0 saturated carbocycles. The lowest BCUT2D eigenvalue weighted by Crippen LogP contribution is -2.05. The lowest BCUT2D eigenvalue weighted by Gasteiger charge is -1.99. The fourth-order valence-corrected chi connectivity index (χ4v) is 2.23. The third-order valence-electron chi connectivity index (χ3n) is 2.20. The summed E-state index contributed by atoms with van der Waals surface area (Å²) in [5.74, 6) is 0.281. The van der Waals surface area contributed by atoms with E-state index in [2.05, 4.69) is 0 Å². The number of hydrogen-bond acceptors (Lipinski definition) is 2. The average Bonchev–Trinajstić information content (AvgIpc) is 2.71. The van der Waals surface area contributed by atoms with Gasteiger partial charge in [0.2, 0.25) is 0 Å². The Morgan fingerprint density at radius 1 is 1.00 bits per heavy atom. The second-order valence-electron chi connectivity index (χ2n) is 3.46. The van der Waals surface area contributed by atoms with Gasteiger partial charge in [-0.2, -0.15) is 0 Å². The van der Waals surface area contributed by atoms with Gasteiger partial charge in [-0.15, -0.1) is 11.3 Å². The standard InChI is InChI=1S/C13H12OS/c14-12(10-13-7-4-8-15-13)9-11-5-2-1-3-6-11/h1-8H,9-10H2. The summed E-state index contributed by atoms with van der Waals surface area (Å²) >= 11 is 1.64. The lowest BCUT2D eigenvalue weighted by molar-refractivity contribution is -0.117. The molecule has 0 radical (unpaired) electrons. The number of thiophene rings is 1. The predicted octanol–water partition coefficient (Wildman–Crippen LogP) is 3.10. The van der Waals surface area contributed by atoms with Crippen molar-refractivity contribution in [2.45, 2.75) is 12.8 Å². The van der Waals surface area contributed by atoms with Crippen LogP contribution < -0.4 is 0 Å². The van der Waals surface area contributed by atoms with Gasteiger partial charge >= 0.3 is 0 Å². The van der Waals surface area contributed by atoms with Crippen LogP contribution in [0.2, 0.25) is 0 Å². The molecule has 76 valence electrons. The van der Waals surface area contributed by atoms with Crippen molar-refractivity contribution in [3.05, 3.63) is 58.3 Å². The van der Waals surface area contributed by atoms with E-state index in [4.69, 9.17) is 0 Å². The predicted molar refractivity (Wildman–Crippen MR) is 63.2 cm³/mol. The number of ketones is 1. The summed E-state index contributed by atoms with van der Waals surface area (Å²) in [7, 11) is 0. The minimum Gasteiger partial charge on any atom is -0.299 e. The van der Waals surface area contributed by atoms with Crippen molar-refractivity contribution in [3.63, 3.8) is 0 Å². The van der Waals surface area contributed by atoms with Crippen molar-refractivity contribution < 1.29 is 4.79 Å². The van der Waals surface area contributed by atoms with Crippen LogP contribution in [0.3, 0.4) is 0 Å². The van der Waals surface area contributed by atoms with Crippen LogP contribution in [0, 0.1) is 0 Å². The second-order valence-corrected chi connectivity index (χ2v) is 4.49. The van der Waals surface area contributed by atoms with Crippen molar-refractivity contribution in [2.75, 3.05) is 0 Å². The van der Waals surface area contributed by atoms with Crippen LogP contribution in [0.5, 0.6) is 0 Å². The Morgan fingerprint density at radius 3 is 2.47 bits per heavy atom. The molecule has 1 nitrogen and oxygen atoms in total. The van der Waals surface area contributed by atoms with Crippen molar-refractivity contribution in [2.24, 2.45) is 0 Å². The summed E-state index contributed by atoms with van der Waals surface area (Å²) < 4.78 is 0. The first-order valence-electron chi connectivity index (χ1n) is 4.92. The third-order valence-corrected chi connectivity index (χ3v) is 3.07. The third kappa shape index (κ3) is 3.03. The lowest BCUT2D eigenvalue weighted by atomic mass is 10.1. The van der Waals surface area contributed by atoms with Gasteiger partial charge in [-0.05, 0) is 17.0 Å². The Kier molecular flexibility index (Phi) is 3.30. The van der Waals surface area contributed by atoms with Gasteiger partial charge in [0.1, 0.15) is 5.78 Å². The summed E-state index contributed by atoms with van der Waals surface area (Å²) in [5, 5.41) is 2.01. The van der Waals surface area contributed by atoms with Crippen molar-refractivity contribution in [1.82, 2.24) is 0 Å². The van der Waals surface area contributed by atoms with E-state index >= 15 is 0 Å². The number of Topliss-reactive ketones (excluding diaryl/α,β-unsaturated/α-hetero) is 1. The molecule has 2 heteroatoms. The van der Waals surface area contributed by atoms with Crippen LogP contribution in [-0.4, -0.2) is 5.78 Å². The molecule has 15 heavy (non-hydrogen) atoms. The second kappa shape index (κ2) is 4.89. The molecule has 2 rings (SSSR count). The van der Waals surface area contributed by atoms with Gasteiger partial charge in [0.05, 0.1) is 0 Å². The van der Waals surface area contributed by atoms with E-state index < -0.39 is 0 Å². The largest absolute Gasteiger partial charge is 0.299 e. The number of carbonyl (C=O) groups excluding carboxylic acids is 1. The van der Waals surface area contributed by atoms with Crippen LogP contribution in [0.4, 0.5) is 0 Å². The fraction of sp³-hybridized carbons (Fsp3) is 0.154. The molecule has 0 spiro atoms. The van der Waals surface area contributed by atoms with E-state index in [-0.39, 0.29) is 5.78 Å². The average molecular weight is 216 g/mol. The summed E-state index contributed by atoms with van der Waals surface area (Å²) in [4.78, 5) is 12.8. The van der Waals surface area contributed by atoms with Crippen molar-refractivity contribution in [3.8, 4) is 0 Å². The molecule has 0 saturated heterocycles. The smallest absolute Gasteiger partial charge is 0.142 e. The van der Waals surface area contributed by atoms with Crippen LogP contribution in [0.25, 0.3) is 0 Å². The van der Waals surface area contributed by atoms with Gasteiger partial charge < -0.3 is 0 Å². The van der Waals surface area contributed by atoms with Gasteiger partial charge in [-0.3, -0.25) is 4.79 Å². The SMILES string of the molecule is O=C(Cc1ccccc1)Cc1cccs1. The maximum absolute atomic E-state index is 11.7. The normalized spacial score (nSPS) is 10.1. The Balaban J connectivity index is 1.94. The number of carbonyl (C=O) groups is 1. The molecule has 2 aromatic rings. The molecule has 0 bridgehead atoms. The zero-order chi connectivity index (χ0) is 10.5. The molecule has 0 aliphatic carbocycles. The minimum absolute atomic E-state index is 0.281. The molecule has 0 atom stereocenters. The van der Waals surface area contributed by atoms with E-state index in [0.29, 0.717) is 12.8 Å². The maximum atomic E-state index is 11.7.